The number of hydrogen-bond donors (Lipinski definition) is 0. The number of hydrogen-bond acceptors (Lipinski definition) is 6. The molecule has 0 N–H and O–H groups in total. The number of carbonyl (C=O) groups is 3. The second kappa shape index (κ2) is 8.48. The Hall–Kier alpha value is -3.61. The van der Waals surface area contributed by atoms with Crippen molar-refractivity contribution in [2.45, 2.75) is 6.92 Å². The first-order chi connectivity index (χ1) is 12.4. The van der Waals surface area contributed by atoms with Crippen LogP contribution in [0.3, 0.4) is 0 Å². The summed E-state index contributed by atoms with van der Waals surface area (Å²) >= 11 is 0. The maximum absolute atomic E-state index is 12.7. The quantitative estimate of drug-likeness (QED) is 0.144. The van der Waals surface area contributed by atoms with Crippen molar-refractivity contribution in [2.24, 2.45) is 0 Å². The lowest BCUT2D eigenvalue weighted by molar-refractivity contribution is -0.384. The van der Waals surface area contributed by atoms with Gasteiger partial charge in [0.1, 0.15) is 5.57 Å². The summed E-state index contributed by atoms with van der Waals surface area (Å²) in [6.07, 6.45) is 0.897. The fraction of sp³-hybridized carbons (Fsp3) is 0.105. The number of ether oxygens (including phenoxy) is 1. The molecule has 0 aliphatic rings. The Kier molecular flexibility index (Phi) is 6.10. The summed E-state index contributed by atoms with van der Waals surface area (Å²) in [5.74, 6) is -2.34. The first-order valence-corrected chi connectivity index (χ1v) is 7.71. The number of nitro benzene ring substituents is 1. The molecular formula is C19H15NO6. The third-order valence-corrected chi connectivity index (χ3v) is 3.39. The lowest BCUT2D eigenvalue weighted by Crippen LogP contribution is -2.18. The van der Waals surface area contributed by atoms with Crippen molar-refractivity contribution in [1.29, 1.82) is 0 Å². The van der Waals surface area contributed by atoms with Gasteiger partial charge >= 0.3 is 5.97 Å². The molecule has 0 heterocycles. The average Bonchev–Trinajstić information content (AvgIpc) is 2.66. The summed E-state index contributed by atoms with van der Waals surface area (Å²) in [5, 5.41) is 10.9. The summed E-state index contributed by atoms with van der Waals surface area (Å²) in [5.41, 5.74) is -0.574. The molecule has 0 radical (unpaired) electrons. The van der Waals surface area contributed by atoms with E-state index in [1.54, 1.807) is 37.3 Å². The molecule has 0 amide bonds. The molecule has 0 fully saturated rings. The molecule has 0 aromatic heterocycles. The van der Waals surface area contributed by atoms with Gasteiger partial charge in [0.15, 0.2) is 5.78 Å². The van der Waals surface area contributed by atoms with Crippen molar-refractivity contribution in [3.63, 3.8) is 0 Å². The molecule has 2 rings (SSSR count). The highest BCUT2D eigenvalue weighted by Gasteiger charge is 2.24. The number of allylic oxidation sites excluding steroid dienone is 1. The zero-order valence-corrected chi connectivity index (χ0v) is 13.9. The first kappa shape index (κ1) is 18.7. The minimum atomic E-state index is -0.965. The number of nitrogens with zero attached hydrogens (tertiary/aromatic N) is 1. The predicted molar refractivity (Wildman–Crippen MR) is 92.9 cm³/mol. The molecule has 2 aromatic carbocycles. The lowest BCUT2D eigenvalue weighted by atomic mass is 10.00. The molecule has 0 saturated heterocycles. The van der Waals surface area contributed by atoms with E-state index < -0.39 is 28.0 Å². The second-order valence-electron chi connectivity index (χ2n) is 5.15. The normalized spacial score (nSPS) is 10.9. The topological polar surface area (TPSA) is 104 Å². The van der Waals surface area contributed by atoms with Crippen molar-refractivity contribution in [2.75, 3.05) is 6.61 Å². The van der Waals surface area contributed by atoms with Crippen LogP contribution >= 0.6 is 0 Å². The summed E-state index contributed by atoms with van der Waals surface area (Å²) in [6, 6.07) is 13.0. The van der Waals surface area contributed by atoms with Crippen LogP contribution in [0.2, 0.25) is 0 Å². The third kappa shape index (κ3) is 4.47. The van der Waals surface area contributed by atoms with E-state index in [9.17, 15) is 24.5 Å². The lowest BCUT2D eigenvalue weighted by Gasteiger charge is -2.06. The van der Waals surface area contributed by atoms with Gasteiger partial charge in [0, 0.05) is 29.3 Å². The minimum absolute atomic E-state index is 0.0118. The van der Waals surface area contributed by atoms with E-state index in [1.165, 1.54) is 18.2 Å². The van der Waals surface area contributed by atoms with Crippen LogP contribution < -0.4 is 0 Å². The molecule has 0 aliphatic heterocycles. The highest BCUT2D eigenvalue weighted by Crippen LogP contribution is 2.18. The fourth-order valence-electron chi connectivity index (χ4n) is 2.16. The Morgan fingerprint density at radius 2 is 1.69 bits per heavy atom. The van der Waals surface area contributed by atoms with Gasteiger partial charge in [-0.25, -0.2) is 4.79 Å². The molecule has 26 heavy (non-hydrogen) atoms. The van der Waals surface area contributed by atoms with Crippen molar-refractivity contribution in [1.82, 2.24) is 0 Å². The molecule has 2 aromatic rings. The molecule has 132 valence electrons. The van der Waals surface area contributed by atoms with Crippen molar-refractivity contribution < 1.29 is 24.0 Å². The summed E-state index contributed by atoms with van der Waals surface area (Å²) < 4.78 is 4.85. The molecule has 0 atom stereocenters. The largest absolute Gasteiger partial charge is 0.462 e. The minimum Gasteiger partial charge on any atom is -0.462 e. The van der Waals surface area contributed by atoms with Gasteiger partial charge < -0.3 is 4.74 Å². The SMILES string of the molecule is CCOC(=O)/C(=C/C(=O)c1ccccc1)C(=O)c1cccc([N+](=O)[O-])c1. The Morgan fingerprint density at radius 1 is 1.04 bits per heavy atom. The number of nitro groups is 1. The average molecular weight is 353 g/mol. The third-order valence-electron chi connectivity index (χ3n) is 3.39. The van der Waals surface area contributed by atoms with E-state index >= 15 is 0 Å². The monoisotopic (exact) mass is 353 g/mol. The number of Topliss-reactive ketones (excluding diaryl/α,β-unsaturated/α-hetero) is 1. The Morgan fingerprint density at radius 3 is 2.31 bits per heavy atom. The van der Waals surface area contributed by atoms with Gasteiger partial charge in [-0.1, -0.05) is 42.5 Å². The summed E-state index contributed by atoms with van der Waals surface area (Å²) in [7, 11) is 0. The van der Waals surface area contributed by atoms with Crippen molar-refractivity contribution in [3.05, 3.63) is 87.5 Å². The Bertz CT molecular complexity index is 886. The van der Waals surface area contributed by atoms with Crippen LogP contribution in [0.5, 0.6) is 0 Å². The number of rotatable bonds is 7. The molecule has 0 aliphatic carbocycles. The van der Waals surface area contributed by atoms with E-state index in [2.05, 4.69) is 0 Å². The molecular weight excluding hydrogens is 338 g/mol. The summed E-state index contributed by atoms with van der Waals surface area (Å²) in [6.45, 7) is 1.57. The van der Waals surface area contributed by atoms with E-state index in [4.69, 9.17) is 4.74 Å². The molecule has 7 nitrogen and oxygen atoms in total. The van der Waals surface area contributed by atoms with Gasteiger partial charge in [0.2, 0.25) is 5.78 Å². The van der Waals surface area contributed by atoms with Gasteiger partial charge in [-0.05, 0) is 6.92 Å². The number of ketones is 2. The molecule has 0 bridgehead atoms. The van der Waals surface area contributed by atoms with Crippen molar-refractivity contribution in [3.8, 4) is 0 Å². The number of non-ortho nitro benzene ring substituents is 1. The van der Waals surface area contributed by atoms with Crippen LogP contribution in [0.1, 0.15) is 27.6 Å². The first-order valence-electron chi connectivity index (χ1n) is 7.71. The Balaban J connectivity index is 2.44. The number of carbonyl (C=O) groups excluding carboxylic acids is 3. The number of benzene rings is 2. The smallest absolute Gasteiger partial charge is 0.342 e. The maximum atomic E-state index is 12.7. The van der Waals surface area contributed by atoms with Crippen LogP contribution in [0, 0.1) is 10.1 Å². The zero-order chi connectivity index (χ0) is 19.1. The van der Waals surface area contributed by atoms with Crippen LogP contribution in [0.4, 0.5) is 5.69 Å². The van der Waals surface area contributed by atoms with Crippen LogP contribution in [0.15, 0.2) is 66.2 Å². The van der Waals surface area contributed by atoms with Gasteiger partial charge in [-0.2, -0.15) is 0 Å². The zero-order valence-electron chi connectivity index (χ0n) is 13.9. The highest BCUT2D eigenvalue weighted by atomic mass is 16.6. The maximum Gasteiger partial charge on any atom is 0.342 e. The van der Waals surface area contributed by atoms with E-state index in [0.29, 0.717) is 5.56 Å². The standard InChI is InChI=1S/C19H15NO6/c1-2-26-19(23)16(12-17(21)13-7-4-3-5-8-13)18(22)14-9-6-10-15(11-14)20(24)25/h3-12H,2H2,1H3/b16-12+. The van der Waals surface area contributed by atoms with E-state index in [-0.39, 0.29) is 17.9 Å². The number of esters is 1. The molecule has 0 spiro atoms. The predicted octanol–water partition coefficient (Wildman–Crippen LogP) is 3.15. The molecule has 0 saturated carbocycles. The van der Waals surface area contributed by atoms with E-state index in [1.807, 2.05) is 0 Å². The van der Waals surface area contributed by atoms with Crippen LogP contribution in [-0.2, 0) is 9.53 Å². The molecule has 7 heteroatoms. The molecule has 0 unspecified atom stereocenters. The van der Waals surface area contributed by atoms with Crippen LogP contribution in [-0.4, -0.2) is 29.1 Å². The highest BCUT2D eigenvalue weighted by molar-refractivity contribution is 6.27. The Labute approximate surface area is 149 Å². The second-order valence-corrected chi connectivity index (χ2v) is 5.15. The van der Waals surface area contributed by atoms with Crippen molar-refractivity contribution >= 4 is 23.2 Å². The summed E-state index contributed by atoms with van der Waals surface area (Å²) in [4.78, 5) is 47.4. The van der Waals surface area contributed by atoms with Gasteiger partial charge in [0.25, 0.3) is 5.69 Å². The van der Waals surface area contributed by atoms with E-state index in [0.717, 1.165) is 12.1 Å². The van der Waals surface area contributed by atoms with Gasteiger partial charge in [-0.15, -0.1) is 0 Å². The van der Waals surface area contributed by atoms with Crippen LogP contribution in [0.25, 0.3) is 0 Å². The van der Waals surface area contributed by atoms with Gasteiger partial charge in [0.05, 0.1) is 11.5 Å². The van der Waals surface area contributed by atoms with Gasteiger partial charge in [-0.3, -0.25) is 19.7 Å². The fourth-order valence-corrected chi connectivity index (χ4v) is 2.16.